The second kappa shape index (κ2) is 6.53. The largest absolute Gasteiger partial charge is 0.484 e. The normalized spacial score (nSPS) is 21.9. The molecule has 0 unspecified atom stereocenters. The highest BCUT2D eigenvalue weighted by Gasteiger charge is 2.25. The minimum Gasteiger partial charge on any atom is -0.484 e. The first-order chi connectivity index (χ1) is 9.95. The zero-order valence-electron chi connectivity index (χ0n) is 12.0. The molecule has 0 aliphatic carbocycles. The average Bonchev–Trinajstić information content (AvgIpc) is 2.44. The summed E-state index contributed by atoms with van der Waals surface area (Å²) in [5, 5.41) is 10.5. The number of morpholine rings is 1. The number of nitrogens with zero attached hydrogens (tertiary/aromatic N) is 2. The van der Waals surface area contributed by atoms with Gasteiger partial charge in [-0.1, -0.05) is 0 Å². The number of non-ortho nitro benzene ring substituents is 1. The van der Waals surface area contributed by atoms with Crippen LogP contribution in [0.25, 0.3) is 0 Å². The Morgan fingerprint density at radius 2 is 1.90 bits per heavy atom. The summed E-state index contributed by atoms with van der Waals surface area (Å²) in [5.74, 6) is 0.318. The fraction of sp³-hybridized carbons (Fsp3) is 0.500. The van der Waals surface area contributed by atoms with Crippen LogP contribution in [-0.2, 0) is 9.53 Å². The van der Waals surface area contributed by atoms with Crippen LogP contribution in [0, 0.1) is 10.1 Å². The van der Waals surface area contributed by atoms with Crippen LogP contribution in [0.3, 0.4) is 0 Å². The molecule has 1 saturated heterocycles. The number of hydrogen-bond donors (Lipinski definition) is 0. The highest BCUT2D eigenvalue weighted by molar-refractivity contribution is 5.78. The first-order valence-electron chi connectivity index (χ1n) is 6.76. The first kappa shape index (κ1) is 15.2. The summed E-state index contributed by atoms with van der Waals surface area (Å²) >= 11 is 0. The maximum Gasteiger partial charge on any atom is 0.269 e. The van der Waals surface area contributed by atoms with E-state index in [1.54, 1.807) is 4.90 Å². The van der Waals surface area contributed by atoms with Crippen LogP contribution in [0.2, 0.25) is 0 Å². The van der Waals surface area contributed by atoms with Gasteiger partial charge in [0.1, 0.15) is 5.75 Å². The number of nitro groups is 1. The quantitative estimate of drug-likeness (QED) is 0.622. The zero-order chi connectivity index (χ0) is 15.4. The Hall–Kier alpha value is -2.15. The molecule has 1 aliphatic heterocycles. The Labute approximate surface area is 122 Å². The molecule has 1 aromatic carbocycles. The molecule has 21 heavy (non-hydrogen) atoms. The minimum atomic E-state index is -0.481. The average molecular weight is 294 g/mol. The van der Waals surface area contributed by atoms with Crippen molar-refractivity contribution in [2.24, 2.45) is 0 Å². The highest BCUT2D eigenvalue weighted by atomic mass is 16.6. The van der Waals surface area contributed by atoms with Gasteiger partial charge in [-0.3, -0.25) is 14.9 Å². The fourth-order valence-electron chi connectivity index (χ4n) is 2.28. The summed E-state index contributed by atoms with van der Waals surface area (Å²) in [5.41, 5.74) is -0.00972. The van der Waals surface area contributed by atoms with Crippen molar-refractivity contribution in [1.29, 1.82) is 0 Å². The molecule has 2 atom stereocenters. The van der Waals surface area contributed by atoms with E-state index >= 15 is 0 Å². The molecular formula is C14H18N2O5. The van der Waals surface area contributed by atoms with Gasteiger partial charge in [0.05, 0.1) is 17.1 Å². The lowest BCUT2D eigenvalue weighted by Gasteiger charge is -2.35. The van der Waals surface area contributed by atoms with Gasteiger partial charge in [0.25, 0.3) is 11.6 Å². The molecule has 1 heterocycles. The number of amides is 1. The van der Waals surface area contributed by atoms with E-state index < -0.39 is 4.92 Å². The zero-order valence-corrected chi connectivity index (χ0v) is 12.0. The molecule has 0 spiro atoms. The third kappa shape index (κ3) is 4.16. The lowest BCUT2D eigenvalue weighted by molar-refractivity contribution is -0.384. The van der Waals surface area contributed by atoms with Gasteiger partial charge in [-0.2, -0.15) is 0 Å². The summed E-state index contributed by atoms with van der Waals surface area (Å²) in [6.45, 7) is 4.86. The maximum absolute atomic E-state index is 12.1. The molecule has 1 fully saturated rings. The highest BCUT2D eigenvalue weighted by Crippen LogP contribution is 2.17. The third-order valence-corrected chi connectivity index (χ3v) is 3.18. The molecule has 114 valence electrons. The number of nitro benzene ring substituents is 1. The van der Waals surface area contributed by atoms with Crippen LogP contribution >= 0.6 is 0 Å². The van der Waals surface area contributed by atoms with E-state index in [4.69, 9.17) is 9.47 Å². The predicted molar refractivity (Wildman–Crippen MR) is 75.2 cm³/mol. The lowest BCUT2D eigenvalue weighted by atomic mass is 10.2. The third-order valence-electron chi connectivity index (χ3n) is 3.18. The Bertz CT molecular complexity index is 507. The van der Waals surface area contributed by atoms with E-state index in [0.717, 1.165) is 0 Å². The van der Waals surface area contributed by atoms with Crippen LogP contribution in [0.15, 0.2) is 24.3 Å². The number of carbonyl (C=O) groups is 1. The van der Waals surface area contributed by atoms with Crippen molar-refractivity contribution >= 4 is 11.6 Å². The monoisotopic (exact) mass is 294 g/mol. The smallest absolute Gasteiger partial charge is 0.269 e. The number of hydrogen-bond acceptors (Lipinski definition) is 5. The second-order valence-electron chi connectivity index (χ2n) is 5.10. The van der Waals surface area contributed by atoms with E-state index in [1.165, 1.54) is 24.3 Å². The standard InChI is InChI=1S/C14H18N2O5/c1-10-7-15(8-11(2)21-10)14(17)9-20-13-5-3-12(4-6-13)16(18)19/h3-6,10-11H,7-9H2,1-2H3/t10-,11-/m1/s1. The first-order valence-corrected chi connectivity index (χ1v) is 6.76. The van der Waals surface area contributed by atoms with Crippen molar-refractivity contribution in [3.63, 3.8) is 0 Å². The van der Waals surface area contributed by atoms with Crippen molar-refractivity contribution in [3.05, 3.63) is 34.4 Å². The van der Waals surface area contributed by atoms with Crippen LogP contribution in [0.4, 0.5) is 5.69 Å². The van der Waals surface area contributed by atoms with E-state index in [1.807, 2.05) is 13.8 Å². The number of benzene rings is 1. The van der Waals surface area contributed by atoms with Crippen molar-refractivity contribution in [3.8, 4) is 5.75 Å². The van der Waals surface area contributed by atoms with Gasteiger partial charge < -0.3 is 14.4 Å². The fourth-order valence-corrected chi connectivity index (χ4v) is 2.28. The van der Waals surface area contributed by atoms with Crippen molar-refractivity contribution in [2.75, 3.05) is 19.7 Å². The van der Waals surface area contributed by atoms with Crippen molar-refractivity contribution in [1.82, 2.24) is 4.90 Å². The molecular weight excluding hydrogens is 276 g/mol. The summed E-state index contributed by atoms with van der Waals surface area (Å²) in [4.78, 5) is 23.8. The molecule has 0 N–H and O–H groups in total. The summed E-state index contributed by atoms with van der Waals surface area (Å²) in [6.07, 6.45) is 0.0224. The summed E-state index contributed by atoms with van der Waals surface area (Å²) in [6, 6.07) is 5.66. The summed E-state index contributed by atoms with van der Waals surface area (Å²) < 4.78 is 10.9. The van der Waals surface area contributed by atoms with Gasteiger partial charge in [0, 0.05) is 25.2 Å². The predicted octanol–water partition coefficient (Wildman–Crippen LogP) is 1.61. The molecule has 7 heteroatoms. The molecule has 1 amide bonds. The van der Waals surface area contributed by atoms with E-state index in [0.29, 0.717) is 18.8 Å². The minimum absolute atomic E-state index is 0.00972. The van der Waals surface area contributed by atoms with Gasteiger partial charge in [-0.25, -0.2) is 0 Å². The van der Waals surface area contributed by atoms with Gasteiger partial charge in [0.2, 0.25) is 0 Å². The number of ether oxygens (including phenoxy) is 2. The topological polar surface area (TPSA) is 81.9 Å². The van der Waals surface area contributed by atoms with E-state index in [2.05, 4.69) is 0 Å². The van der Waals surface area contributed by atoms with E-state index in [9.17, 15) is 14.9 Å². The Morgan fingerprint density at radius 3 is 2.43 bits per heavy atom. The molecule has 0 bridgehead atoms. The van der Waals surface area contributed by atoms with Gasteiger partial charge in [-0.05, 0) is 26.0 Å². The van der Waals surface area contributed by atoms with Crippen LogP contribution in [0.5, 0.6) is 5.75 Å². The Kier molecular flexibility index (Phi) is 4.74. The van der Waals surface area contributed by atoms with Crippen LogP contribution in [-0.4, -0.2) is 47.6 Å². The molecule has 2 rings (SSSR count). The molecule has 1 aliphatic rings. The van der Waals surface area contributed by atoms with Crippen LogP contribution < -0.4 is 4.74 Å². The Morgan fingerprint density at radius 1 is 1.33 bits per heavy atom. The number of rotatable bonds is 4. The maximum atomic E-state index is 12.1. The number of carbonyl (C=O) groups excluding carboxylic acids is 1. The molecule has 0 radical (unpaired) electrons. The van der Waals surface area contributed by atoms with Crippen molar-refractivity contribution in [2.45, 2.75) is 26.1 Å². The lowest BCUT2D eigenvalue weighted by Crippen LogP contribution is -2.49. The van der Waals surface area contributed by atoms with Crippen LogP contribution in [0.1, 0.15) is 13.8 Å². The Balaban J connectivity index is 1.87. The van der Waals surface area contributed by atoms with Gasteiger partial charge >= 0.3 is 0 Å². The van der Waals surface area contributed by atoms with Crippen molar-refractivity contribution < 1.29 is 19.2 Å². The van der Waals surface area contributed by atoms with Gasteiger partial charge in [0.15, 0.2) is 6.61 Å². The van der Waals surface area contributed by atoms with Gasteiger partial charge in [-0.15, -0.1) is 0 Å². The molecule has 0 aromatic heterocycles. The second-order valence-corrected chi connectivity index (χ2v) is 5.10. The molecule has 1 aromatic rings. The van der Waals surface area contributed by atoms with E-state index in [-0.39, 0.29) is 30.4 Å². The summed E-state index contributed by atoms with van der Waals surface area (Å²) in [7, 11) is 0. The molecule has 7 nitrogen and oxygen atoms in total. The SMILES string of the molecule is C[C@@H]1CN(C(=O)COc2ccc([N+](=O)[O-])cc2)C[C@@H](C)O1. The molecule has 0 saturated carbocycles.